The van der Waals surface area contributed by atoms with E-state index in [2.05, 4.69) is 26.1 Å². The molecule has 6 unspecified atom stereocenters. The van der Waals surface area contributed by atoms with Crippen molar-refractivity contribution in [3.63, 3.8) is 0 Å². The van der Waals surface area contributed by atoms with Gasteiger partial charge in [0.15, 0.2) is 0 Å². The van der Waals surface area contributed by atoms with Gasteiger partial charge in [0.05, 0.1) is 17.6 Å². The molecule has 6 nitrogen and oxygen atoms in total. The van der Waals surface area contributed by atoms with Crippen LogP contribution in [0.15, 0.2) is 17.1 Å². The van der Waals surface area contributed by atoms with Gasteiger partial charge in [0, 0.05) is 72.0 Å². The predicted molar refractivity (Wildman–Crippen MR) is 166 cm³/mol. The molecule has 3 heterocycles. The third-order valence-corrected chi connectivity index (χ3v) is 11.8. The zero-order valence-electron chi connectivity index (χ0n) is 23.8. The first-order valence-corrected chi connectivity index (χ1v) is 17.2. The van der Waals surface area contributed by atoms with Gasteiger partial charge in [-0.05, 0) is 83.1 Å². The monoisotopic (exact) mass is 634 g/mol. The van der Waals surface area contributed by atoms with Crippen molar-refractivity contribution in [1.82, 2.24) is 14.7 Å². The second kappa shape index (κ2) is 14.4. The first-order chi connectivity index (χ1) is 19.3. The van der Waals surface area contributed by atoms with Crippen LogP contribution in [0.5, 0.6) is 0 Å². The lowest BCUT2D eigenvalue weighted by Crippen LogP contribution is -2.49. The van der Waals surface area contributed by atoms with Crippen LogP contribution in [0.1, 0.15) is 77.0 Å². The molecule has 0 N–H and O–H groups in total. The predicted octanol–water partition coefficient (Wildman–Crippen LogP) is 6.66. The van der Waals surface area contributed by atoms with Gasteiger partial charge in [0.2, 0.25) is 5.91 Å². The van der Waals surface area contributed by atoms with Crippen LogP contribution in [-0.2, 0) is 9.63 Å². The fourth-order valence-corrected chi connectivity index (χ4v) is 9.21. The van der Waals surface area contributed by atoms with Crippen molar-refractivity contribution in [1.29, 1.82) is 0 Å². The van der Waals surface area contributed by atoms with Crippen LogP contribution in [0.2, 0.25) is 0 Å². The Morgan fingerprint density at radius 2 is 1.73 bits per heavy atom. The molecule has 1 amide bonds. The van der Waals surface area contributed by atoms with Crippen LogP contribution < -0.4 is 0 Å². The van der Waals surface area contributed by atoms with Gasteiger partial charge in [0.25, 0.3) is 0 Å². The van der Waals surface area contributed by atoms with Gasteiger partial charge in [-0.2, -0.15) is 0 Å². The quantitative estimate of drug-likeness (QED) is 0.153. The second-order valence-corrected chi connectivity index (χ2v) is 15.0. The highest BCUT2D eigenvalue weighted by molar-refractivity contribution is 6.30. The number of hydrogen-bond acceptors (Lipinski definition) is 5. The fourth-order valence-electron chi connectivity index (χ4n) is 7.68. The van der Waals surface area contributed by atoms with E-state index in [9.17, 15) is 4.79 Å². The SMILES string of the molecule is CO/N=C(\CN1C=C1C1CC(Cl)CC(Cl)C1)C(CCN1CCC(N2CCCCC2=O)CC1)C1CCC(Cl)C(Cl)C1. The molecular weight excluding hydrogens is 590 g/mol. The number of hydrogen-bond donors (Lipinski definition) is 0. The number of amides is 1. The minimum absolute atomic E-state index is 0.0111. The Balaban J connectivity index is 1.20. The average Bonchev–Trinajstić information content (AvgIpc) is 3.70. The molecule has 2 saturated carbocycles. The standard InChI is InChI=1S/C30H46Cl4N4O2/c1-40-35-28(18-37-19-29(37)21-14-22(31)17-23(32)15-21)25(20-5-6-26(33)27(34)16-20)9-13-36-11-7-24(8-12-36)38-10-3-2-4-30(38)39/h19-27H,2-18H2,1H3/b35-28+. The van der Waals surface area contributed by atoms with Gasteiger partial charge in [0.1, 0.15) is 7.11 Å². The summed E-state index contributed by atoms with van der Waals surface area (Å²) in [7, 11) is 1.65. The van der Waals surface area contributed by atoms with Crippen molar-refractivity contribution in [3.05, 3.63) is 11.9 Å². The average molecular weight is 637 g/mol. The molecular formula is C30H46Cl4N4O2. The number of piperidine rings is 2. The highest BCUT2D eigenvalue weighted by Gasteiger charge is 2.40. The minimum Gasteiger partial charge on any atom is -0.399 e. The van der Waals surface area contributed by atoms with Crippen molar-refractivity contribution < 1.29 is 9.63 Å². The molecule has 4 fully saturated rings. The van der Waals surface area contributed by atoms with Gasteiger partial charge in [-0.15, -0.1) is 46.4 Å². The Hall–Kier alpha value is -0.400. The topological polar surface area (TPSA) is 48.2 Å². The number of halogens is 4. The van der Waals surface area contributed by atoms with E-state index in [1.807, 2.05) is 0 Å². The number of allylic oxidation sites excluding steroid dienone is 1. The van der Waals surface area contributed by atoms with Gasteiger partial charge in [-0.1, -0.05) is 5.16 Å². The van der Waals surface area contributed by atoms with Gasteiger partial charge < -0.3 is 19.5 Å². The van der Waals surface area contributed by atoms with E-state index in [-0.39, 0.29) is 27.4 Å². The highest BCUT2D eigenvalue weighted by atomic mass is 35.5. The normalized spacial score (nSPS) is 35.5. The maximum Gasteiger partial charge on any atom is 0.222 e. The van der Waals surface area contributed by atoms with Gasteiger partial charge >= 0.3 is 0 Å². The lowest BCUT2D eigenvalue weighted by molar-refractivity contribution is -0.136. The van der Waals surface area contributed by atoms with E-state index in [0.717, 1.165) is 115 Å². The molecule has 6 atom stereocenters. The van der Waals surface area contributed by atoms with Crippen LogP contribution in [0.3, 0.4) is 0 Å². The summed E-state index contributed by atoms with van der Waals surface area (Å²) in [5.41, 5.74) is 2.46. The van der Waals surface area contributed by atoms with E-state index in [1.54, 1.807) is 7.11 Å². The largest absolute Gasteiger partial charge is 0.399 e. The van der Waals surface area contributed by atoms with Crippen molar-refractivity contribution >= 4 is 58.0 Å². The number of carbonyl (C=O) groups excluding carboxylic acids is 1. The van der Waals surface area contributed by atoms with Crippen molar-refractivity contribution in [2.75, 3.05) is 39.8 Å². The maximum absolute atomic E-state index is 12.4. The molecule has 0 spiro atoms. The molecule has 0 radical (unpaired) electrons. The lowest BCUT2D eigenvalue weighted by atomic mass is 9.75. The van der Waals surface area contributed by atoms with Gasteiger partial charge in [-0.3, -0.25) is 4.79 Å². The number of likely N-dealkylation sites (tertiary alicyclic amines) is 2. The van der Waals surface area contributed by atoms with E-state index in [4.69, 9.17) is 51.2 Å². The lowest BCUT2D eigenvalue weighted by Gasteiger charge is -2.41. The zero-order chi connectivity index (χ0) is 28.2. The molecule has 0 bridgehead atoms. The smallest absolute Gasteiger partial charge is 0.222 e. The molecule has 5 rings (SSSR count). The third kappa shape index (κ3) is 7.95. The molecule has 2 saturated heterocycles. The van der Waals surface area contributed by atoms with Crippen molar-refractivity contribution in [3.8, 4) is 0 Å². The van der Waals surface area contributed by atoms with Crippen LogP contribution >= 0.6 is 46.4 Å². The molecule has 0 aromatic rings. The Morgan fingerprint density at radius 1 is 0.975 bits per heavy atom. The van der Waals surface area contributed by atoms with E-state index >= 15 is 0 Å². The molecule has 0 aromatic carbocycles. The first kappa shape index (κ1) is 31.0. The Bertz CT molecular complexity index is 917. The second-order valence-electron chi connectivity index (χ2n) is 12.7. The van der Waals surface area contributed by atoms with Crippen LogP contribution in [0.4, 0.5) is 0 Å². The summed E-state index contributed by atoms with van der Waals surface area (Å²) in [6, 6.07) is 0.411. The summed E-state index contributed by atoms with van der Waals surface area (Å²) in [5, 5.41) is 4.95. The number of oxime groups is 1. The fraction of sp³-hybridized carbons (Fsp3) is 0.867. The number of alkyl halides is 4. The summed E-state index contributed by atoms with van der Waals surface area (Å²) in [6.07, 6.45) is 14.1. The molecule has 5 aliphatic rings. The number of nitrogens with zero attached hydrogens (tertiary/aromatic N) is 4. The molecule has 0 aromatic heterocycles. The van der Waals surface area contributed by atoms with E-state index in [1.165, 1.54) is 5.70 Å². The summed E-state index contributed by atoms with van der Waals surface area (Å²) >= 11 is 26.3. The maximum atomic E-state index is 12.4. The van der Waals surface area contributed by atoms with Crippen LogP contribution in [0, 0.1) is 17.8 Å². The summed E-state index contributed by atoms with van der Waals surface area (Å²) < 4.78 is 0. The number of carbonyl (C=O) groups is 1. The Morgan fingerprint density at radius 3 is 2.40 bits per heavy atom. The van der Waals surface area contributed by atoms with Crippen molar-refractivity contribution in [2.24, 2.45) is 22.9 Å². The minimum atomic E-state index is -0.0111. The zero-order valence-corrected chi connectivity index (χ0v) is 26.9. The molecule has 10 heteroatoms. The van der Waals surface area contributed by atoms with Crippen LogP contribution in [0.25, 0.3) is 0 Å². The van der Waals surface area contributed by atoms with E-state index < -0.39 is 0 Å². The Kier molecular flexibility index (Phi) is 11.2. The van der Waals surface area contributed by atoms with Crippen LogP contribution in [-0.4, -0.2) is 93.7 Å². The number of rotatable bonds is 10. The van der Waals surface area contributed by atoms with Crippen molar-refractivity contribution in [2.45, 2.75) is 105 Å². The molecule has 40 heavy (non-hydrogen) atoms. The summed E-state index contributed by atoms with van der Waals surface area (Å²) in [4.78, 5) is 25.0. The Labute approximate surface area is 260 Å². The van der Waals surface area contributed by atoms with Gasteiger partial charge in [-0.25, -0.2) is 0 Å². The highest BCUT2D eigenvalue weighted by Crippen LogP contribution is 2.43. The molecule has 3 aliphatic heterocycles. The molecule has 226 valence electrons. The third-order valence-electron chi connectivity index (χ3n) is 9.95. The first-order valence-electron chi connectivity index (χ1n) is 15.5. The molecule has 2 aliphatic carbocycles. The van der Waals surface area contributed by atoms with E-state index in [0.29, 0.717) is 23.8 Å². The summed E-state index contributed by atoms with van der Waals surface area (Å²) in [5.74, 6) is 1.51. The summed E-state index contributed by atoms with van der Waals surface area (Å²) in [6.45, 7) is 4.80.